The number of rotatable bonds is 6. The lowest BCUT2D eigenvalue weighted by Crippen LogP contribution is -2.06. The summed E-state index contributed by atoms with van der Waals surface area (Å²) in [6.45, 7) is 3.41. The Balaban J connectivity index is 1.62. The number of nitrogens with one attached hydrogen (secondary N) is 1. The monoisotopic (exact) mass is 421 g/mol. The molecule has 4 aromatic rings. The molecular formula is C24H21Cl2N3. The first-order chi connectivity index (χ1) is 14.1. The molecule has 3 nitrogen and oxygen atoms in total. The molecule has 0 amide bonds. The SMILES string of the molecule is Cc1c(/C=N\NCc2ccccc2Cl)c2ccccc2n1Cc1ccccc1Cl. The molecule has 0 spiro atoms. The van der Waals surface area contributed by atoms with E-state index >= 15 is 0 Å². The third kappa shape index (κ3) is 4.16. The van der Waals surface area contributed by atoms with Crippen LogP contribution in [0.15, 0.2) is 77.9 Å². The van der Waals surface area contributed by atoms with Crippen molar-refractivity contribution in [1.82, 2.24) is 9.99 Å². The Morgan fingerprint density at radius 3 is 2.21 bits per heavy atom. The van der Waals surface area contributed by atoms with E-state index in [1.54, 1.807) is 0 Å². The van der Waals surface area contributed by atoms with Gasteiger partial charge in [-0.3, -0.25) is 0 Å². The summed E-state index contributed by atoms with van der Waals surface area (Å²) in [7, 11) is 0. The van der Waals surface area contributed by atoms with Gasteiger partial charge in [0.25, 0.3) is 0 Å². The molecule has 0 aliphatic heterocycles. The standard InChI is InChI=1S/C24H21Cl2N3/c1-17-21(15-28-27-14-18-8-2-5-11-22(18)25)20-10-4-7-13-24(20)29(17)16-19-9-3-6-12-23(19)26/h2-13,15,27H,14,16H2,1H3/b28-15-. The Morgan fingerprint density at radius 1 is 0.862 bits per heavy atom. The molecule has 1 N–H and O–H groups in total. The number of halogens is 2. The van der Waals surface area contributed by atoms with Gasteiger partial charge in [0.2, 0.25) is 0 Å². The van der Waals surface area contributed by atoms with Crippen LogP contribution in [0.25, 0.3) is 10.9 Å². The van der Waals surface area contributed by atoms with Crippen molar-refractivity contribution in [3.63, 3.8) is 0 Å². The van der Waals surface area contributed by atoms with Gasteiger partial charge in [-0.15, -0.1) is 0 Å². The van der Waals surface area contributed by atoms with E-state index in [0.29, 0.717) is 13.1 Å². The number of nitrogens with zero attached hydrogens (tertiary/aromatic N) is 2. The third-order valence-corrected chi connectivity index (χ3v) is 5.82. The molecule has 1 aromatic heterocycles. The zero-order chi connectivity index (χ0) is 20.2. The molecule has 4 rings (SSSR count). The number of hydrazone groups is 1. The van der Waals surface area contributed by atoms with Crippen LogP contribution < -0.4 is 5.43 Å². The predicted molar refractivity (Wildman–Crippen MR) is 123 cm³/mol. The zero-order valence-electron chi connectivity index (χ0n) is 16.1. The van der Waals surface area contributed by atoms with Gasteiger partial charge in [0.1, 0.15) is 0 Å². The molecule has 0 fully saturated rings. The molecule has 0 bridgehead atoms. The van der Waals surface area contributed by atoms with Gasteiger partial charge in [0.05, 0.1) is 12.8 Å². The molecule has 5 heteroatoms. The van der Waals surface area contributed by atoms with Gasteiger partial charge in [-0.2, -0.15) is 5.10 Å². The van der Waals surface area contributed by atoms with Gasteiger partial charge < -0.3 is 9.99 Å². The van der Waals surface area contributed by atoms with E-state index in [-0.39, 0.29) is 0 Å². The molecule has 3 aromatic carbocycles. The van der Waals surface area contributed by atoms with Crippen LogP contribution >= 0.6 is 23.2 Å². The molecule has 0 saturated heterocycles. The van der Waals surface area contributed by atoms with Crippen molar-refractivity contribution in [3.8, 4) is 0 Å². The van der Waals surface area contributed by atoms with Crippen LogP contribution in [-0.2, 0) is 13.1 Å². The van der Waals surface area contributed by atoms with Crippen molar-refractivity contribution in [1.29, 1.82) is 0 Å². The normalized spacial score (nSPS) is 11.4. The highest BCUT2D eigenvalue weighted by atomic mass is 35.5. The van der Waals surface area contributed by atoms with Crippen LogP contribution in [0, 0.1) is 6.92 Å². The summed E-state index contributed by atoms with van der Waals surface area (Å²) in [5.74, 6) is 0. The van der Waals surface area contributed by atoms with E-state index in [1.165, 1.54) is 5.39 Å². The Kier molecular flexibility index (Phi) is 5.89. The number of hydrogen-bond acceptors (Lipinski definition) is 2. The number of fused-ring (bicyclic) bond motifs is 1. The van der Waals surface area contributed by atoms with Crippen LogP contribution in [0.2, 0.25) is 10.0 Å². The summed E-state index contributed by atoms with van der Waals surface area (Å²) in [6.07, 6.45) is 1.89. The van der Waals surface area contributed by atoms with Crippen LogP contribution in [0.3, 0.4) is 0 Å². The molecule has 0 aliphatic rings. The lowest BCUT2D eigenvalue weighted by Gasteiger charge is -2.10. The molecule has 0 saturated carbocycles. The second-order valence-corrected chi connectivity index (χ2v) is 7.69. The number of hydrogen-bond donors (Lipinski definition) is 1. The predicted octanol–water partition coefficient (Wildman–Crippen LogP) is 6.43. The summed E-state index contributed by atoms with van der Waals surface area (Å²) in [5.41, 5.74) is 8.63. The minimum absolute atomic E-state index is 0.577. The van der Waals surface area contributed by atoms with Crippen molar-refractivity contribution in [2.45, 2.75) is 20.0 Å². The van der Waals surface area contributed by atoms with E-state index < -0.39 is 0 Å². The minimum atomic E-state index is 0.577. The van der Waals surface area contributed by atoms with Crippen molar-refractivity contribution in [3.05, 3.63) is 105 Å². The van der Waals surface area contributed by atoms with Gasteiger partial charge in [-0.1, -0.05) is 77.8 Å². The maximum Gasteiger partial charge on any atom is 0.0594 e. The summed E-state index contributed by atoms with van der Waals surface area (Å²) < 4.78 is 2.28. The Morgan fingerprint density at radius 2 is 1.48 bits per heavy atom. The van der Waals surface area contributed by atoms with Gasteiger partial charge in [-0.05, 0) is 36.2 Å². The average molecular weight is 422 g/mol. The summed E-state index contributed by atoms with van der Waals surface area (Å²) >= 11 is 12.6. The van der Waals surface area contributed by atoms with Crippen LogP contribution in [-0.4, -0.2) is 10.8 Å². The lowest BCUT2D eigenvalue weighted by molar-refractivity contribution is 0.748. The van der Waals surface area contributed by atoms with Gasteiger partial charge >= 0.3 is 0 Å². The Bertz CT molecular complexity index is 1180. The number of para-hydroxylation sites is 1. The number of benzene rings is 3. The maximum absolute atomic E-state index is 6.40. The highest BCUT2D eigenvalue weighted by molar-refractivity contribution is 6.31. The second kappa shape index (κ2) is 8.73. The lowest BCUT2D eigenvalue weighted by atomic mass is 10.1. The summed E-state index contributed by atoms with van der Waals surface area (Å²) in [6, 6.07) is 24.1. The first-order valence-corrected chi connectivity index (χ1v) is 10.2. The minimum Gasteiger partial charge on any atom is -0.340 e. The Labute approximate surface area is 180 Å². The topological polar surface area (TPSA) is 29.3 Å². The molecule has 0 unspecified atom stereocenters. The third-order valence-electron chi connectivity index (χ3n) is 5.08. The second-order valence-electron chi connectivity index (χ2n) is 6.88. The summed E-state index contributed by atoms with van der Waals surface area (Å²) in [4.78, 5) is 0. The van der Waals surface area contributed by atoms with Crippen LogP contribution in [0.5, 0.6) is 0 Å². The van der Waals surface area contributed by atoms with E-state index in [2.05, 4.69) is 52.3 Å². The van der Waals surface area contributed by atoms with E-state index in [0.717, 1.165) is 37.9 Å². The highest BCUT2D eigenvalue weighted by Gasteiger charge is 2.13. The van der Waals surface area contributed by atoms with E-state index in [4.69, 9.17) is 23.2 Å². The van der Waals surface area contributed by atoms with Crippen molar-refractivity contribution in [2.75, 3.05) is 0 Å². The fourth-order valence-corrected chi connectivity index (χ4v) is 3.90. The average Bonchev–Trinajstić information content (AvgIpc) is 3.00. The Hall–Kier alpha value is -2.75. The van der Waals surface area contributed by atoms with E-state index in [1.807, 2.05) is 48.7 Å². The van der Waals surface area contributed by atoms with Crippen LogP contribution in [0.4, 0.5) is 0 Å². The molecule has 0 atom stereocenters. The van der Waals surface area contributed by atoms with Crippen molar-refractivity contribution >= 4 is 40.3 Å². The fourth-order valence-electron chi connectivity index (χ4n) is 3.50. The van der Waals surface area contributed by atoms with Crippen molar-refractivity contribution in [2.24, 2.45) is 5.10 Å². The molecular weight excluding hydrogens is 401 g/mol. The fraction of sp³-hybridized carbons (Fsp3) is 0.125. The molecule has 146 valence electrons. The smallest absolute Gasteiger partial charge is 0.0594 e. The molecule has 0 aliphatic carbocycles. The quantitative estimate of drug-likeness (QED) is 0.282. The highest BCUT2D eigenvalue weighted by Crippen LogP contribution is 2.27. The van der Waals surface area contributed by atoms with Gasteiger partial charge in [0.15, 0.2) is 0 Å². The van der Waals surface area contributed by atoms with Gasteiger partial charge in [-0.25, -0.2) is 0 Å². The largest absolute Gasteiger partial charge is 0.340 e. The summed E-state index contributed by atoms with van der Waals surface area (Å²) in [5, 5.41) is 7.14. The van der Waals surface area contributed by atoms with E-state index in [9.17, 15) is 0 Å². The van der Waals surface area contributed by atoms with Crippen LogP contribution in [0.1, 0.15) is 22.4 Å². The zero-order valence-corrected chi connectivity index (χ0v) is 17.6. The molecule has 29 heavy (non-hydrogen) atoms. The molecule has 0 radical (unpaired) electrons. The molecule has 1 heterocycles. The van der Waals surface area contributed by atoms with Crippen molar-refractivity contribution < 1.29 is 0 Å². The first kappa shape index (κ1) is 19.6. The van der Waals surface area contributed by atoms with Gasteiger partial charge in [0, 0.05) is 38.8 Å². The maximum atomic E-state index is 6.40. The number of aromatic nitrogens is 1. The first-order valence-electron chi connectivity index (χ1n) is 9.45.